The van der Waals surface area contributed by atoms with Crippen molar-refractivity contribution in [3.63, 3.8) is 0 Å². The van der Waals surface area contributed by atoms with Crippen molar-refractivity contribution in [2.24, 2.45) is 0 Å². The van der Waals surface area contributed by atoms with Gasteiger partial charge in [0.25, 0.3) is 0 Å². The summed E-state index contributed by atoms with van der Waals surface area (Å²) < 4.78 is 5.71. The Bertz CT molecular complexity index is 620. The molecule has 0 spiro atoms. The fraction of sp³-hybridized carbons (Fsp3) is 0.235. The van der Waals surface area contributed by atoms with Crippen LogP contribution in [0.1, 0.15) is 27.0 Å². The first-order chi connectivity index (χ1) is 10.1. The van der Waals surface area contributed by atoms with Crippen LogP contribution in [-0.4, -0.2) is 16.8 Å². The van der Waals surface area contributed by atoms with Crippen LogP contribution >= 0.6 is 12.6 Å². The van der Waals surface area contributed by atoms with Crippen LogP contribution in [-0.2, 0) is 13.0 Å². The standard InChI is InChI=1S/C17H18O3S/c1-12-5-7-13(8-6-12)11-20-15-4-2-3-14(9-10-21)16(15)17(18)19/h2-8,21H,9-11H2,1H3,(H,18,19). The van der Waals surface area contributed by atoms with Crippen LogP contribution in [0.15, 0.2) is 42.5 Å². The minimum Gasteiger partial charge on any atom is -0.488 e. The topological polar surface area (TPSA) is 46.5 Å². The van der Waals surface area contributed by atoms with Crippen LogP contribution in [0.5, 0.6) is 5.75 Å². The van der Waals surface area contributed by atoms with Crippen molar-refractivity contribution in [3.05, 3.63) is 64.7 Å². The van der Waals surface area contributed by atoms with Crippen LogP contribution in [0.25, 0.3) is 0 Å². The number of thiol groups is 1. The van der Waals surface area contributed by atoms with Gasteiger partial charge in [0, 0.05) is 0 Å². The van der Waals surface area contributed by atoms with Crippen molar-refractivity contribution in [3.8, 4) is 5.75 Å². The second-order valence-corrected chi connectivity index (χ2v) is 5.29. The van der Waals surface area contributed by atoms with Crippen molar-refractivity contribution in [1.82, 2.24) is 0 Å². The van der Waals surface area contributed by atoms with E-state index in [0.29, 0.717) is 24.5 Å². The van der Waals surface area contributed by atoms with E-state index in [2.05, 4.69) is 12.6 Å². The summed E-state index contributed by atoms with van der Waals surface area (Å²) in [5, 5.41) is 9.40. The molecular weight excluding hydrogens is 284 g/mol. The molecule has 1 N–H and O–H groups in total. The van der Waals surface area contributed by atoms with Gasteiger partial charge in [-0.3, -0.25) is 0 Å². The molecule has 0 aliphatic rings. The highest BCUT2D eigenvalue weighted by molar-refractivity contribution is 7.80. The van der Waals surface area contributed by atoms with E-state index in [9.17, 15) is 9.90 Å². The maximum atomic E-state index is 11.5. The molecule has 0 amide bonds. The van der Waals surface area contributed by atoms with Gasteiger partial charge in [-0.25, -0.2) is 4.79 Å². The predicted octanol–water partition coefficient (Wildman–Crippen LogP) is 3.74. The van der Waals surface area contributed by atoms with Crippen LogP contribution in [0.4, 0.5) is 0 Å². The van der Waals surface area contributed by atoms with E-state index in [4.69, 9.17) is 4.74 Å². The highest BCUT2D eigenvalue weighted by Crippen LogP contribution is 2.24. The van der Waals surface area contributed by atoms with Crippen LogP contribution in [0.3, 0.4) is 0 Å². The zero-order valence-electron chi connectivity index (χ0n) is 11.9. The van der Waals surface area contributed by atoms with Gasteiger partial charge in [-0.15, -0.1) is 0 Å². The molecule has 0 saturated heterocycles. The van der Waals surface area contributed by atoms with E-state index in [-0.39, 0.29) is 5.56 Å². The molecule has 0 saturated carbocycles. The van der Waals surface area contributed by atoms with Crippen molar-refractivity contribution in [2.45, 2.75) is 20.0 Å². The first-order valence-corrected chi connectivity index (χ1v) is 7.39. The maximum absolute atomic E-state index is 11.5. The predicted molar refractivity (Wildman–Crippen MR) is 86.5 cm³/mol. The van der Waals surface area contributed by atoms with Gasteiger partial charge < -0.3 is 9.84 Å². The number of carboxylic acid groups (broad SMARTS) is 1. The smallest absolute Gasteiger partial charge is 0.339 e. The van der Waals surface area contributed by atoms with Crippen molar-refractivity contribution in [1.29, 1.82) is 0 Å². The van der Waals surface area contributed by atoms with E-state index in [1.807, 2.05) is 37.3 Å². The van der Waals surface area contributed by atoms with Gasteiger partial charge in [0.1, 0.15) is 17.9 Å². The summed E-state index contributed by atoms with van der Waals surface area (Å²) >= 11 is 4.17. The van der Waals surface area contributed by atoms with Crippen molar-refractivity contribution in [2.75, 3.05) is 5.75 Å². The highest BCUT2D eigenvalue weighted by atomic mass is 32.1. The van der Waals surface area contributed by atoms with Crippen LogP contribution in [0.2, 0.25) is 0 Å². The molecule has 0 atom stereocenters. The van der Waals surface area contributed by atoms with Crippen LogP contribution < -0.4 is 4.74 Å². The van der Waals surface area contributed by atoms with Crippen LogP contribution in [0, 0.1) is 6.92 Å². The molecule has 3 nitrogen and oxygen atoms in total. The van der Waals surface area contributed by atoms with Gasteiger partial charge in [0.15, 0.2) is 0 Å². The molecule has 2 aromatic carbocycles. The molecule has 0 fully saturated rings. The Morgan fingerprint density at radius 3 is 2.52 bits per heavy atom. The first kappa shape index (κ1) is 15.4. The van der Waals surface area contributed by atoms with Gasteiger partial charge in [0.05, 0.1) is 0 Å². The lowest BCUT2D eigenvalue weighted by Gasteiger charge is -2.12. The van der Waals surface area contributed by atoms with E-state index in [1.54, 1.807) is 12.1 Å². The number of aryl methyl sites for hydroxylation is 2. The number of rotatable bonds is 6. The molecule has 2 aromatic rings. The number of carbonyl (C=O) groups is 1. The van der Waals surface area contributed by atoms with E-state index < -0.39 is 5.97 Å². The summed E-state index contributed by atoms with van der Waals surface area (Å²) in [5.41, 5.74) is 3.18. The number of aromatic carboxylic acids is 1. The summed E-state index contributed by atoms with van der Waals surface area (Å²) in [6.07, 6.45) is 0.604. The third-order valence-corrected chi connectivity index (χ3v) is 3.45. The minimum atomic E-state index is -0.966. The fourth-order valence-electron chi connectivity index (χ4n) is 2.11. The molecule has 0 radical (unpaired) electrons. The van der Waals surface area contributed by atoms with Gasteiger partial charge >= 0.3 is 5.97 Å². The number of ether oxygens (including phenoxy) is 1. The van der Waals surface area contributed by atoms with Gasteiger partial charge in [0.2, 0.25) is 0 Å². The SMILES string of the molecule is Cc1ccc(COc2cccc(CCS)c2C(=O)O)cc1. The largest absolute Gasteiger partial charge is 0.488 e. The highest BCUT2D eigenvalue weighted by Gasteiger charge is 2.16. The Hall–Kier alpha value is -1.94. The number of hydrogen-bond acceptors (Lipinski definition) is 3. The quantitative estimate of drug-likeness (QED) is 0.799. The monoisotopic (exact) mass is 302 g/mol. The van der Waals surface area contributed by atoms with Crippen molar-refractivity contribution >= 4 is 18.6 Å². The zero-order chi connectivity index (χ0) is 15.2. The molecule has 0 bridgehead atoms. The summed E-state index contributed by atoms with van der Waals surface area (Å²) in [7, 11) is 0. The Morgan fingerprint density at radius 2 is 1.90 bits per heavy atom. The lowest BCUT2D eigenvalue weighted by molar-refractivity contribution is 0.0690. The molecule has 0 aliphatic heterocycles. The second kappa shape index (κ2) is 7.18. The zero-order valence-corrected chi connectivity index (χ0v) is 12.8. The van der Waals surface area contributed by atoms with E-state index >= 15 is 0 Å². The molecule has 0 heterocycles. The number of benzene rings is 2. The minimum absolute atomic E-state index is 0.235. The fourth-order valence-corrected chi connectivity index (χ4v) is 2.35. The Labute approximate surface area is 130 Å². The second-order valence-electron chi connectivity index (χ2n) is 4.84. The Balaban J connectivity index is 2.21. The third kappa shape index (κ3) is 4.02. The summed E-state index contributed by atoms with van der Waals surface area (Å²) in [5.74, 6) is 0.0375. The summed E-state index contributed by atoms with van der Waals surface area (Å²) in [4.78, 5) is 11.5. The summed E-state index contributed by atoms with van der Waals surface area (Å²) in [6.45, 7) is 2.37. The molecule has 110 valence electrons. The average Bonchev–Trinajstić information content (AvgIpc) is 2.47. The molecular formula is C17H18O3S. The third-order valence-electron chi connectivity index (χ3n) is 3.22. The van der Waals surface area contributed by atoms with Gasteiger partial charge in [-0.2, -0.15) is 12.6 Å². The molecule has 4 heteroatoms. The van der Waals surface area contributed by atoms with Gasteiger partial charge in [-0.05, 0) is 36.3 Å². The van der Waals surface area contributed by atoms with E-state index in [0.717, 1.165) is 11.1 Å². The molecule has 0 unspecified atom stereocenters. The molecule has 0 aliphatic carbocycles. The lowest BCUT2D eigenvalue weighted by atomic mass is 10.0. The molecule has 0 aromatic heterocycles. The van der Waals surface area contributed by atoms with Gasteiger partial charge in [-0.1, -0.05) is 42.0 Å². The molecule has 2 rings (SSSR count). The maximum Gasteiger partial charge on any atom is 0.339 e. The number of carboxylic acids is 1. The lowest BCUT2D eigenvalue weighted by Crippen LogP contribution is -2.07. The first-order valence-electron chi connectivity index (χ1n) is 6.76. The summed E-state index contributed by atoms with van der Waals surface area (Å²) in [6, 6.07) is 13.3. The number of hydrogen-bond donors (Lipinski definition) is 2. The normalized spacial score (nSPS) is 10.4. The van der Waals surface area contributed by atoms with Crippen molar-refractivity contribution < 1.29 is 14.6 Å². The Morgan fingerprint density at radius 1 is 1.19 bits per heavy atom. The average molecular weight is 302 g/mol. The molecule has 21 heavy (non-hydrogen) atoms. The van der Waals surface area contributed by atoms with E-state index in [1.165, 1.54) is 5.56 Å². The Kier molecular flexibility index (Phi) is 5.28.